The van der Waals surface area contributed by atoms with Gasteiger partial charge in [-0.25, -0.2) is 9.79 Å². The number of halogens is 1. The summed E-state index contributed by atoms with van der Waals surface area (Å²) in [5, 5.41) is 11.6. The van der Waals surface area contributed by atoms with E-state index in [1.807, 2.05) is 25.1 Å². The summed E-state index contributed by atoms with van der Waals surface area (Å²) in [5.74, 6) is 0.402. The first-order valence-electron chi connectivity index (χ1n) is 10.3. The highest BCUT2D eigenvalue weighted by atomic mass is 35.5. The van der Waals surface area contributed by atoms with E-state index in [9.17, 15) is 14.9 Å². The van der Waals surface area contributed by atoms with Crippen LogP contribution in [-0.2, 0) is 16.1 Å². The molecule has 0 saturated heterocycles. The third kappa shape index (κ3) is 5.41. The number of nitro benzene ring substituents is 1. The zero-order chi connectivity index (χ0) is 24.1. The SMILES string of the molecule is CCOc1cc(/C=C2/N=C(c3cccc([N+](=O)[O-])c3)OC2=O)ccc1OCc1cccc(Cl)c1. The molecule has 1 aliphatic rings. The summed E-state index contributed by atoms with van der Waals surface area (Å²) < 4.78 is 16.8. The Bertz CT molecular complexity index is 1320. The molecule has 1 aliphatic heterocycles. The number of benzene rings is 3. The lowest BCUT2D eigenvalue weighted by Crippen LogP contribution is -2.05. The van der Waals surface area contributed by atoms with Gasteiger partial charge in [0, 0.05) is 22.7 Å². The number of ether oxygens (including phenoxy) is 3. The van der Waals surface area contributed by atoms with Gasteiger partial charge in [0.2, 0.25) is 5.90 Å². The monoisotopic (exact) mass is 478 g/mol. The van der Waals surface area contributed by atoms with Crippen molar-refractivity contribution in [2.24, 2.45) is 4.99 Å². The number of esters is 1. The van der Waals surface area contributed by atoms with E-state index in [1.54, 1.807) is 36.4 Å². The van der Waals surface area contributed by atoms with Crippen molar-refractivity contribution in [3.8, 4) is 11.5 Å². The zero-order valence-electron chi connectivity index (χ0n) is 18.1. The van der Waals surface area contributed by atoms with Gasteiger partial charge in [0.25, 0.3) is 5.69 Å². The molecule has 0 radical (unpaired) electrons. The molecule has 0 aliphatic carbocycles. The summed E-state index contributed by atoms with van der Waals surface area (Å²) in [4.78, 5) is 27.0. The molecule has 0 N–H and O–H groups in total. The number of rotatable bonds is 8. The van der Waals surface area contributed by atoms with Gasteiger partial charge in [-0.2, -0.15) is 0 Å². The lowest BCUT2D eigenvalue weighted by Gasteiger charge is -2.13. The molecule has 3 aromatic rings. The molecule has 0 fully saturated rings. The molecule has 0 atom stereocenters. The smallest absolute Gasteiger partial charge is 0.363 e. The van der Waals surface area contributed by atoms with E-state index in [-0.39, 0.29) is 17.3 Å². The molecular weight excluding hydrogens is 460 g/mol. The Kier molecular flexibility index (Phi) is 6.89. The Morgan fingerprint density at radius 1 is 1.06 bits per heavy atom. The van der Waals surface area contributed by atoms with Crippen LogP contribution in [0.1, 0.15) is 23.6 Å². The second-order valence-electron chi connectivity index (χ2n) is 7.20. The van der Waals surface area contributed by atoms with Gasteiger partial charge in [0.1, 0.15) is 6.61 Å². The van der Waals surface area contributed by atoms with Crippen LogP contribution >= 0.6 is 11.6 Å². The Labute approximate surface area is 200 Å². The molecule has 172 valence electrons. The third-order valence-corrected chi connectivity index (χ3v) is 5.01. The molecule has 1 heterocycles. The summed E-state index contributed by atoms with van der Waals surface area (Å²) in [5.41, 5.74) is 1.85. The lowest BCUT2D eigenvalue weighted by atomic mass is 10.1. The molecule has 3 aromatic carbocycles. The van der Waals surface area contributed by atoms with E-state index in [4.69, 9.17) is 25.8 Å². The van der Waals surface area contributed by atoms with Gasteiger partial charge in [-0.1, -0.05) is 35.9 Å². The summed E-state index contributed by atoms with van der Waals surface area (Å²) in [7, 11) is 0. The molecular formula is C25H19ClN2O6. The molecule has 0 unspecified atom stereocenters. The van der Waals surface area contributed by atoms with Gasteiger partial charge >= 0.3 is 5.97 Å². The summed E-state index contributed by atoms with van der Waals surface area (Å²) in [6.07, 6.45) is 1.55. The van der Waals surface area contributed by atoms with Gasteiger partial charge in [0.15, 0.2) is 17.2 Å². The first-order chi connectivity index (χ1) is 16.4. The number of nitrogens with zero attached hydrogens (tertiary/aromatic N) is 2. The molecule has 0 amide bonds. The fraction of sp³-hybridized carbons (Fsp3) is 0.120. The Morgan fingerprint density at radius 2 is 1.88 bits per heavy atom. The largest absolute Gasteiger partial charge is 0.490 e. The van der Waals surface area contributed by atoms with E-state index < -0.39 is 10.9 Å². The fourth-order valence-electron chi connectivity index (χ4n) is 3.23. The lowest BCUT2D eigenvalue weighted by molar-refractivity contribution is -0.384. The number of hydrogen-bond donors (Lipinski definition) is 0. The summed E-state index contributed by atoms with van der Waals surface area (Å²) in [6.45, 7) is 2.59. The quantitative estimate of drug-likeness (QED) is 0.181. The van der Waals surface area contributed by atoms with E-state index in [0.717, 1.165) is 5.56 Å². The summed E-state index contributed by atoms with van der Waals surface area (Å²) in [6, 6.07) is 18.3. The van der Waals surface area contributed by atoms with Crippen molar-refractivity contribution in [3.63, 3.8) is 0 Å². The second-order valence-corrected chi connectivity index (χ2v) is 7.64. The second kappa shape index (κ2) is 10.2. The Hall–Kier alpha value is -4.17. The Balaban J connectivity index is 1.57. The van der Waals surface area contributed by atoms with Crippen molar-refractivity contribution in [1.29, 1.82) is 0 Å². The molecule has 8 nitrogen and oxygen atoms in total. The average molecular weight is 479 g/mol. The van der Waals surface area contributed by atoms with Gasteiger partial charge in [-0.05, 0) is 54.5 Å². The maximum Gasteiger partial charge on any atom is 0.363 e. The van der Waals surface area contributed by atoms with E-state index in [0.29, 0.717) is 40.9 Å². The fourth-order valence-corrected chi connectivity index (χ4v) is 3.45. The molecule has 34 heavy (non-hydrogen) atoms. The minimum absolute atomic E-state index is 0.00598. The summed E-state index contributed by atoms with van der Waals surface area (Å²) >= 11 is 6.03. The van der Waals surface area contributed by atoms with Crippen LogP contribution < -0.4 is 9.47 Å². The predicted molar refractivity (Wildman–Crippen MR) is 127 cm³/mol. The molecule has 4 rings (SSSR count). The number of aliphatic imine (C=N–C) groups is 1. The van der Waals surface area contributed by atoms with E-state index in [1.165, 1.54) is 18.2 Å². The van der Waals surface area contributed by atoms with Crippen molar-refractivity contribution in [3.05, 3.63) is 104 Å². The number of hydrogen-bond acceptors (Lipinski definition) is 7. The van der Waals surface area contributed by atoms with E-state index >= 15 is 0 Å². The normalized spacial score (nSPS) is 14.0. The molecule has 9 heteroatoms. The van der Waals surface area contributed by atoms with Gasteiger partial charge in [-0.15, -0.1) is 0 Å². The van der Waals surface area contributed by atoms with Crippen LogP contribution in [0.5, 0.6) is 11.5 Å². The van der Waals surface area contributed by atoms with Crippen LogP contribution in [-0.4, -0.2) is 23.4 Å². The van der Waals surface area contributed by atoms with Crippen LogP contribution in [0, 0.1) is 10.1 Å². The van der Waals surface area contributed by atoms with Crippen molar-refractivity contribution in [2.75, 3.05) is 6.61 Å². The van der Waals surface area contributed by atoms with Gasteiger partial charge in [-0.3, -0.25) is 10.1 Å². The molecule has 0 bridgehead atoms. The van der Waals surface area contributed by atoms with Crippen molar-refractivity contribution in [1.82, 2.24) is 0 Å². The highest BCUT2D eigenvalue weighted by Crippen LogP contribution is 2.31. The molecule has 0 saturated carbocycles. The Morgan fingerprint density at radius 3 is 2.65 bits per heavy atom. The van der Waals surface area contributed by atoms with E-state index in [2.05, 4.69) is 4.99 Å². The highest BCUT2D eigenvalue weighted by Gasteiger charge is 2.25. The third-order valence-electron chi connectivity index (χ3n) is 4.78. The number of carbonyl (C=O) groups is 1. The van der Waals surface area contributed by atoms with Crippen molar-refractivity contribution >= 4 is 35.2 Å². The van der Waals surface area contributed by atoms with Crippen LogP contribution in [0.2, 0.25) is 5.02 Å². The van der Waals surface area contributed by atoms with Crippen LogP contribution in [0.4, 0.5) is 5.69 Å². The molecule has 0 spiro atoms. The maximum atomic E-state index is 12.3. The van der Waals surface area contributed by atoms with Crippen LogP contribution in [0.3, 0.4) is 0 Å². The number of non-ortho nitro benzene ring substituents is 1. The topological polar surface area (TPSA) is 100 Å². The minimum Gasteiger partial charge on any atom is -0.490 e. The minimum atomic E-state index is -0.652. The number of nitro groups is 1. The predicted octanol–water partition coefficient (Wildman–Crippen LogP) is 5.57. The maximum absolute atomic E-state index is 12.3. The standard InChI is InChI=1S/C25H19ClN2O6/c1-2-32-23-13-16(9-10-22(23)33-15-17-5-3-7-19(26)11-17)12-21-25(29)34-24(27-21)18-6-4-8-20(14-18)28(30)31/h3-14H,2,15H2,1H3/b21-12+. The highest BCUT2D eigenvalue weighted by molar-refractivity contribution is 6.30. The van der Waals surface area contributed by atoms with Crippen LogP contribution in [0.15, 0.2) is 77.4 Å². The number of cyclic esters (lactones) is 1. The number of carbonyl (C=O) groups excluding carboxylic acids is 1. The van der Waals surface area contributed by atoms with Gasteiger partial charge in [0.05, 0.1) is 11.5 Å². The molecule has 0 aromatic heterocycles. The first-order valence-corrected chi connectivity index (χ1v) is 10.7. The zero-order valence-corrected chi connectivity index (χ0v) is 18.8. The van der Waals surface area contributed by atoms with Crippen molar-refractivity contribution < 1.29 is 23.9 Å². The van der Waals surface area contributed by atoms with Crippen LogP contribution in [0.25, 0.3) is 6.08 Å². The first kappa shape index (κ1) is 23.0. The van der Waals surface area contributed by atoms with Gasteiger partial charge < -0.3 is 14.2 Å². The average Bonchev–Trinajstić information content (AvgIpc) is 3.19. The van der Waals surface area contributed by atoms with Crippen molar-refractivity contribution in [2.45, 2.75) is 13.5 Å².